The summed E-state index contributed by atoms with van der Waals surface area (Å²) in [4.78, 5) is 24.4. The van der Waals surface area contributed by atoms with E-state index in [1.807, 2.05) is 6.07 Å². The van der Waals surface area contributed by atoms with Crippen molar-refractivity contribution < 1.29 is 4.79 Å². The summed E-state index contributed by atoms with van der Waals surface area (Å²) in [7, 11) is 0. The van der Waals surface area contributed by atoms with Crippen LogP contribution >= 0.6 is 0 Å². The molecular formula is C13H22N6O. The molecule has 0 saturated carbocycles. The number of rotatable bonds is 5. The number of amides is 1. The Hall–Kier alpha value is -1.73. The van der Waals surface area contributed by atoms with Crippen molar-refractivity contribution in [1.29, 1.82) is 0 Å². The van der Waals surface area contributed by atoms with Gasteiger partial charge in [-0.2, -0.15) is 0 Å². The Balaban J connectivity index is 1.68. The number of nitrogens with two attached hydrogens (primary N) is 1. The van der Waals surface area contributed by atoms with Gasteiger partial charge in [-0.25, -0.2) is 9.97 Å². The second-order valence-electron chi connectivity index (χ2n) is 4.96. The number of carbonyl (C=O) groups excluding carboxylic acids is 1. The van der Waals surface area contributed by atoms with E-state index in [0.717, 1.165) is 38.7 Å². The third-order valence-electron chi connectivity index (χ3n) is 3.35. The number of carbonyl (C=O) groups is 1. The summed E-state index contributed by atoms with van der Waals surface area (Å²) in [6, 6.07) is 1.38. The minimum atomic E-state index is -0.443. The standard InChI is InChI=1S/C13H22N6O/c1-11(14)12(20)15-5-6-18-7-9-19(10-8-18)13-16-3-2-4-17-13/h2-4,11H,5-10,14H2,1H3,(H,15,20). The molecule has 0 radical (unpaired) electrons. The minimum absolute atomic E-state index is 0.0960. The molecule has 110 valence electrons. The van der Waals surface area contributed by atoms with Gasteiger partial charge in [0.2, 0.25) is 11.9 Å². The van der Waals surface area contributed by atoms with E-state index in [0.29, 0.717) is 6.54 Å². The van der Waals surface area contributed by atoms with Gasteiger partial charge in [-0.3, -0.25) is 9.69 Å². The average Bonchev–Trinajstić information content (AvgIpc) is 2.48. The molecule has 1 aliphatic heterocycles. The first kappa shape index (κ1) is 14.7. The zero-order chi connectivity index (χ0) is 14.4. The molecule has 7 nitrogen and oxygen atoms in total. The van der Waals surface area contributed by atoms with E-state index in [4.69, 9.17) is 5.73 Å². The van der Waals surface area contributed by atoms with Crippen molar-refractivity contribution in [2.75, 3.05) is 44.2 Å². The molecule has 2 heterocycles. The maximum absolute atomic E-state index is 11.3. The summed E-state index contributed by atoms with van der Waals surface area (Å²) in [5.41, 5.74) is 5.49. The molecule has 3 N–H and O–H groups in total. The Morgan fingerprint density at radius 3 is 2.60 bits per heavy atom. The normalized spacial score (nSPS) is 17.8. The molecule has 1 saturated heterocycles. The second-order valence-corrected chi connectivity index (χ2v) is 4.96. The first-order valence-electron chi connectivity index (χ1n) is 6.94. The molecule has 1 atom stereocenters. The Morgan fingerprint density at radius 2 is 2.00 bits per heavy atom. The lowest BCUT2D eigenvalue weighted by molar-refractivity contribution is -0.122. The van der Waals surface area contributed by atoms with Crippen LogP contribution in [0.5, 0.6) is 0 Å². The van der Waals surface area contributed by atoms with Crippen molar-refractivity contribution in [2.45, 2.75) is 13.0 Å². The van der Waals surface area contributed by atoms with Gasteiger partial charge in [0.1, 0.15) is 0 Å². The van der Waals surface area contributed by atoms with Gasteiger partial charge in [-0.05, 0) is 13.0 Å². The lowest BCUT2D eigenvalue weighted by Crippen LogP contribution is -2.49. The zero-order valence-corrected chi connectivity index (χ0v) is 11.8. The summed E-state index contributed by atoms with van der Waals surface area (Å²) < 4.78 is 0. The van der Waals surface area contributed by atoms with Gasteiger partial charge >= 0.3 is 0 Å². The van der Waals surface area contributed by atoms with Gasteiger partial charge in [0.15, 0.2) is 0 Å². The van der Waals surface area contributed by atoms with Crippen LogP contribution in [0.15, 0.2) is 18.5 Å². The highest BCUT2D eigenvalue weighted by atomic mass is 16.2. The first-order chi connectivity index (χ1) is 9.66. The fourth-order valence-corrected chi connectivity index (χ4v) is 2.12. The summed E-state index contributed by atoms with van der Waals surface area (Å²) in [5.74, 6) is 0.693. The van der Waals surface area contributed by atoms with Crippen molar-refractivity contribution in [3.63, 3.8) is 0 Å². The van der Waals surface area contributed by atoms with E-state index in [9.17, 15) is 4.79 Å². The zero-order valence-electron chi connectivity index (χ0n) is 11.8. The van der Waals surface area contributed by atoms with Gasteiger partial charge in [0.05, 0.1) is 6.04 Å². The molecule has 7 heteroatoms. The highest BCUT2D eigenvalue weighted by molar-refractivity contribution is 5.80. The van der Waals surface area contributed by atoms with Gasteiger partial charge in [-0.1, -0.05) is 0 Å². The van der Waals surface area contributed by atoms with E-state index in [1.165, 1.54) is 0 Å². The van der Waals surface area contributed by atoms with Crippen LogP contribution in [0.25, 0.3) is 0 Å². The van der Waals surface area contributed by atoms with Crippen LogP contribution in [-0.4, -0.2) is 66.1 Å². The third-order valence-corrected chi connectivity index (χ3v) is 3.35. The van der Waals surface area contributed by atoms with Crippen LogP contribution in [-0.2, 0) is 4.79 Å². The molecule has 1 fully saturated rings. The summed E-state index contributed by atoms with van der Waals surface area (Å²) in [6.45, 7) is 6.90. The highest BCUT2D eigenvalue weighted by Crippen LogP contribution is 2.08. The number of hydrogen-bond donors (Lipinski definition) is 2. The Kier molecular flexibility index (Phi) is 5.25. The third kappa shape index (κ3) is 4.14. The molecule has 20 heavy (non-hydrogen) atoms. The van der Waals surface area contributed by atoms with E-state index >= 15 is 0 Å². The van der Waals surface area contributed by atoms with E-state index in [1.54, 1.807) is 19.3 Å². The Morgan fingerprint density at radius 1 is 1.35 bits per heavy atom. The van der Waals surface area contributed by atoms with Crippen molar-refractivity contribution >= 4 is 11.9 Å². The molecule has 0 aromatic carbocycles. The highest BCUT2D eigenvalue weighted by Gasteiger charge is 2.18. The van der Waals surface area contributed by atoms with Crippen LogP contribution in [0.2, 0.25) is 0 Å². The van der Waals surface area contributed by atoms with Crippen LogP contribution in [0, 0.1) is 0 Å². The lowest BCUT2D eigenvalue weighted by Gasteiger charge is -2.34. The van der Waals surface area contributed by atoms with Crippen molar-refractivity contribution in [2.24, 2.45) is 5.73 Å². The molecule has 1 amide bonds. The van der Waals surface area contributed by atoms with Gasteiger partial charge in [0, 0.05) is 51.7 Å². The van der Waals surface area contributed by atoms with E-state index in [-0.39, 0.29) is 5.91 Å². The number of anilines is 1. The number of piperazine rings is 1. The Labute approximate surface area is 119 Å². The molecule has 0 spiro atoms. The molecule has 1 aromatic rings. The number of nitrogens with zero attached hydrogens (tertiary/aromatic N) is 4. The van der Waals surface area contributed by atoms with Crippen LogP contribution < -0.4 is 16.0 Å². The predicted octanol–water partition coefficient (Wildman–Crippen LogP) is -0.938. The molecule has 2 rings (SSSR count). The maximum Gasteiger partial charge on any atom is 0.236 e. The van der Waals surface area contributed by atoms with E-state index in [2.05, 4.69) is 25.1 Å². The minimum Gasteiger partial charge on any atom is -0.353 e. The first-order valence-corrected chi connectivity index (χ1v) is 6.94. The fraction of sp³-hybridized carbons (Fsp3) is 0.615. The number of nitrogens with one attached hydrogen (secondary N) is 1. The Bertz CT molecular complexity index is 416. The topological polar surface area (TPSA) is 87.4 Å². The smallest absolute Gasteiger partial charge is 0.236 e. The van der Waals surface area contributed by atoms with E-state index < -0.39 is 6.04 Å². The van der Waals surface area contributed by atoms with Crippen molar-refractivity contribution in [1.82, 2.24) is 20.2 Å². The van der Waals surface area contributed by atoms with Gasteiger partial charge < -0.3 is 16.0 Å². The molecule has 0 bridgehead atoms. The maximum atomic E-state index is 11.3. The number of aromatic nitrogens is 2. The molecule has 1 aliphatic rings. The molecule has 1 unspecified atom stereocenters. The number of hydrogen-bond acceptors (Lipinski definition) is 6. The fourth-order valence-electron chi connectivity index (χ4n) is 2.12. The van der Waals surface area contributed by atoms with Gasteiger partial charge in [-0.15, -0.1) is 0 Å². The summed E-state index contributed by atoms with van der Waals surface area (Å²) >= 11 is 0. The van der Waals surface area contributed by atoms with Gasteiger partial charge in [0.25, 0.3) is 0 Å². The van der Waals surface area contributed by atoms with Crippen LogP contribution in [0.4, 0.5) is 5.95 Å². The molecular weight excluding hydrogens is 256 g/mol. The van der Waals surface area contributed by atoms with Crippen LogP contribution in [0.3, 0.4) is 0 Å². The quantitative estimate of drug-likeness (QED) is 0.723. The SMILES string of the molecule is CC(N)C(=O)NCCN1CCN(c2ncccn2)CC1. The molecule has 1 aromatic heterocycles. The monoisotopic (exact) mass is 278 g/mol. The second kappa shape index (κ2) is 7.16. The largest absolute Gasteiger partial charge is 0.353 e. The summed E-state index contributed by atoms with van der Waals surface area (Å²) in [6.07, 6.45) is 3.52. The van der Waals surface area contributed by atoms with Crippen LogP contribution in [0.1, 0.15) is 6.92 Å². The van der Waals surface area contributed by atoms with Crippen molar-refractivity contribution in [3.8, 4) is 0 Å². The summed E-state index contributed by atoms with van der Waals surface area (Å²) in [5, 5.41) is 2.83. The van der Waals surface area contributed by atoms with Crippen molar-refractivity contribution in [3.05, 3.63) is 18.5 Å². The molecule has 0 aliphatic carbocycles. The lowest BCUT2D eigenvalue weighted by atomic mass is 10.3. The predicted molar refractivity (Wildman–Crippen MR) is 77.3 cm³/mol. The average molecular weight is 278 g/mol.